The normalized spacial score (nSPS) is 13.9. The van der Waals surface area contributed by atoms with Gasteiger partial charge in [0.1, 0.15) is 0 Å². The first kappa shape index (κ1) is 25.0. The Hall–Kier alpha value is 0. The Balaban J connectivity index is 4.23. The predicted molar refractivity (Wildman–Crippen MR) is 117 cm³/mol. The van der Waals surface area contributed by atoms with Crippen LogP contribution in [-0.4, -0.2) is 0 Å². The van der Waals surface area contributed by atoms with Gasteiger partial charge in [0.15, 0.2) is 0 Å². The Bertz CT molecular complexity index is 208. The van der Waals surface area contributed by atoms with Crippen LogP contribution in [-0.2, 0) is 0 Å². The number of hydrogen-bond donors (Lipinski definition) is 0. The van der Waals surface area contributed by atoms with Gasteiger partial charge in [0, 0.05) is 0 Å². The molecule has 0 aliphatic carbocycles. The van der Waals surface area contributed by atoms with Gasteiger partial charge in [-0.2, -0.15) is 0 Å². The fourth-order valence-electron chi connectivity index (χ4n) is 4.01. The van der Waals surface area contributed by atoms with Crippen LogP contribution in [0.15, 0.2) is 0 Å². The zero-order chi connectivity index (χ0) is 18.6. The smallest absolute Gasteiger partial charge is 0.0324 e. The molecule has 0 saturated heterocycles. The quantitative estimate of drug-likeness (QED) is 0.191. The Kier molecular flexibility index (Phi) is 20.3. The minimum atomic E-state index is 0.902. The molecular weight excluding hydrogens is 300 g/mol. The summed E-state index contributed by atoms with van der Waals surface area (Å²) in [6, 6.07) is 0. The second-order valence-corrected chi connectivity index (χ2v) is 8.40. The van der Waals surface area contributed by atoms with E-state index in [9.17, 15) is 0 Å². The van der Waals surface area contributed by atoms with Crippen LogP contribution in [0.5, 0.6) is 0 Å². The van der Waals surface area contributed by atoms with Crippen molar-refractivity contribution in [3.8, 4) is 0 Å². The van der Waals surface area contributed by atoms with Gasteiger partial charge in [0.25, 0.3) is 0 Å². The molecule has 25 heavy (non-hydrogen) atoms. The molecule has 0 aromatic carbocycles. The molecule has 0 rings (SSSR count). The highest BCUT2D eigenvalue weighted by Gasteiger charge is 2.16. The third kappa shape index (κ3) is 17.2. The molecule has 0 nitrogen and oxygen atoms in total. The van der Waals surface area contributed by atoms with E-state index in [-0.39, 0.29) is 0 Å². The van der Waals surface area contributed by atoms with Gasteiger partial charge in [-0.05, 0) is 18.3 Å². The van der Waals surface area contributed by atoms with Crippen molar-refractivity contribution < 1.29 is 0 Å². The molecule has 0 aliphatic rings. The van der Waals surface area contributed by atoms with Crippen LogP contribution >= 0.6 is 0 Å². The maximum atomic E-state index is 2.82. The summed E-state index contributed by atoms with van der Waals surface area (Å²) >= 11 is 0. The zero-order valence-corrected chi connectivity index (χ0v) is 18.5. The summed E-state index contributed by atoms with van der Waals surface area (Å²) in [6.07, 6.45) is 28.5. The molecule has 0 aliphatic heterocycles. The average Bonchev–Trinajstić information content (AvgIpc) is 2.63. The Morgan fingerprint density at radius 2 is 0.720 bits per heavy atom. The van der Waals surface area contributed by atoms with E-state index in [1.54, 1.807) is 0 Å². The summed E-state index contributed by atoms with van der Waals surface area (Å²) in [6.45, 7) is 9.33. The second kappa shape index (κ2) is 20.3. The van der Waals surface area contributed by atoms with Gasteiger partial charge in [0.05, 0.1) is 0 Å². The fraction of sp³-hybridized carbons (Fsp3) is 0.960. The summed E-state index contributed by atoms with van der Waals surface area (Å²) < 4.78 is 0. The van der Waals surface area contributed by atoms with Crippen molar-refractivity contribution in [2.75, 3.05) is 0 Å². The molecule has 2 atom stereocenters. The van der Waals surface area contributed by atoms with Crippen LogP contribution in [0.25, 0.3) is 0 Å². The van der Waals surface area contributed by atoms with Crippen molar-refractivity contribution in [3.63, 3.8) is 0 Å². The van der Waals surface area contributed by atoms with Crippen molar-refractivity contribution in [3.05, 3.63) is 6.42 Å². The van der Waals surface area contributed by atoms with Crippen LogP contribution in [0.1, 0.15) is 143 Å². The van der Waals surface area contributed by atoms with Crippen LogP contribution in [0.4, 0.5) is 0 Å². The minimum absolute atomic E-state index is 0.902. The molecule has 0 aromatic heterocycles. The van der Waals surface area contributed by atoms with Gasteiger partial charge < -0.3 is 0 Å². The third-order valence-electron chi connectivity index (χ3n) is 5.76. The molecule has 0 bridgehead atoms. The van der Waals surface area contributed by atoms with Crippen LogP contribution < -0.4 is 0 Å². The maximum Gasteiger partial charge on any atom is -0.0324 e. The zero-order valence-electron chi connectivity index (χ0n) is 18.5. The number of hydrogen-bond acceptors (Lipinski definition) is 0. The Labute approximate surface area is 161 Å². The maximum absolute atomic E-state index is 2.82. The van der Waals surface area contributed by atoms with Crippen molar-refractivity contribution >= 4 is 0 Å². The predicted octanol–water partition coefficient (Wildman–Crippen LogP) is 9.52. The van der Waals surface area contributed by atoms with Crippen LogP contribution in [0.3, 0.4) is 0 Å². The van der Waals surface area contributed by atoms with Gasteiger partial charge in [0.2, 0.25) is 0 Å². The summed E-state index contributed by atoms with van der Waals surface area (Å²) in [4.78, 5) is 0. The molecule has 0 saturated carbocycles. The van der Waals surface area contributed by atoms with E-state index in [4.69, 9.17) is 0 Å². The SMILES string of the molecule is CCCCCCCC([CH]C(CCCC)CCCCCCC)CCCC. The highest BCUT2D eigenvalue weighted by molar-refractivity contribution is 4.84. The molecule has 0 aromatic rings. The highest BCUT2D eigenvalue weighted by Crippen LogP contribution is 2.29. The van der Waals surface area contributed by atoms with E-state index in [0.29, 0.717) is 0 Å². The largest absolute Gasteiger partial charge is 0.0654 e. The molecule has 0 heterocycles. The van der Waals surface area contributed by atoms with Crippen LogP contribution in [0.2, 0.25) is 0 Å². The molecule has 0 fully saturated rings. The second-order valence-electron chi connectivity index (χ2n) is 8.40. The van der Waals surface area contributed by atoms with Gasteiger partial charge in [-0.25, -0.2) is 0 Å². The molecule has 1 radical (unpaired) electrons. The molecule has 0 spiro atoms. The van der Waals surface area contributed by atoms with E-state index in [0.717, 1.165) is 11.8 Å². The van der Waals surface area contributed by atoms with Crippen LogP contribution in [0, 0.1) is 18.3 Å². The lowest BCUT2D eigenvalue weighted by Crippen LogP contribution is -2.11. The van der Waals surface area contributed by atoms with Gasteiger partial charge >= 0.3 is 0 Å². The first-order chi connectivity index (χ1) is 12.3. The lowest BCUT2D eigenvalue weighted by atomic mass is 9.82. The molecule has 0 heteroatoms. The van der Waals surface area contributed by atoms with Crippen molar-refractivity contribution in [1.82, 2.24) is 0 Å². The topological polar surface area (TPSA) is 0 Å². The Morgan fingerprint density at radius 3 is 1.08 bits per heavy atom. The average molecular weight is 352 g/mol. The molecule has 0 amide bonds. The lowest BCUT2D eigenvalue weighted by molar-refractivity contribution is 0.370. The first-order valence-electron chi connectivity index (χ1n) is 12.1. The van der Waals surface area contributed by atoms with Gasteiger partial charge in [-0.1, -0.05) is 143 Å². The standard InChI is InChI=1S/C25H51/c1-5-9-13-15-17-21-24(19-11-7-3)23-25(20-12-8-4)22-18-16-14-10-6-2/h23-25H,5-22H2,1-4H3. The number of unbranched alkanes of at least 4 members (excludes halogenated alkanes) is 10. The molecular formula is C25H51. The minimum Gasteiger partial charge on any atom is -0.0654 e. The molecule has 0 N–H and O–H groups in total. The summed E-state index contributed by atoms with van der Waals surface area (Å²) in [5.41, 5.74) is 0. The van der Waals surface area contributed by atoms with Gasteiger partial charge in [-0.15, -0.1) is 0 Å². The monoisotopic (exact) mass is 351 g/mol. The van der Waals surface area contributed by atoms with E-state index in [1.807, 2.05) is 0 Å². The number of rotatable bonds is 20. The fourth-order valence-corrected chi connectivity index (χ4v) is 4.01. The summed E-state index contributed by atoms with van der Waals surface area (Å²) in [5, 5.41) is 0. The van der Waals surface area contributed by atoms with E-state index < -0.39 is 0 Å². The van der Waals surface area contributed by atoms with Crippen molar-refractivity contribution in [2.45, 2.75) is 143 Å². The molecule has 2 unspecified atom stereocenters. The summed E-state index contributed by atoms with van der Waals surface area (Å²) in [7, 11) is 0. The van der Waals surface area contributed by atoms with E-state index >= 15 is 0 Å². The molecule has 151 valence electrons. The highest BCUT2D eigenvalue weighted by atomic mass is 14.2. The third-order valence-corrected chi connectivity index (χ3v) is 5.76. The summed E-state index contributed by atoms with van der Waals surface area (Å²) in [5.74, 6) is 1.80. The van der Waals surface area contributed by atoms with Crippen molar-refractivity contribution in [1.29, 1.82) is 0 Å². The first-order valence-corrected chi connectivity index (χ1v) is 12.1. The lowest BCUT2D eigenvalue weighted by Gasteiger charge is -2.24. The van der Waals surface area contributed by atoms with Crippen molar-refractivity contribution in [2.24, 2.45) is 11.8 Å². The van der Waals surface area contributed by atoms with Gasteiger partial charge in [-0.3, -0.25) is 0 Å². The Morgan fingerprint density at radius 1 is 0.400 bits per heavy atom. The van der Waals surface area contributed by atoms with E-state index in [2.05, 4.69) is 34.1 Å². The van der Waals surface area contributed by atoms with E-state index in [1.165, 1.54) is 116 Å².